The van der Waals surface area contributed by atoms with E-state index in [1.54, 1.807) is 24.3 Å². The van der Waals surface area contributed by atoms with Gasteiger partial charge in [0.15, 0.2) is 11.2 Å². The molecule has 128 valence electrons. The van der Waals surface area contributed by atoms with Crippen LogP contribution in [0.2, 0.25) is 0 Å². The van der Waals surface area contributed by atoms with Gasteiger partial charge in [0.1, 0.15) is 5.58 Å². The second-order valence-corrected chi connectivity index (χ2v) is 6.10. The average molecular weight is 330 g/mol. The molecule has 3 rings (SSSR count). The van der Waals surface area contributed by atoms with Gasteiger partial charge in [-0.15, -0.1) is 0 Å². The number of likely N-dealkylation sites (tertiary alicyclic amines) is 1. The Morgan fingerprint density at radius 3 is 3.00 bits per heavy atom. The molecule has 1 aromatic heterocycles. The number of hydrogen-bond donors (Lipinski definition) is 2. The summed E-state index contributed by atoms with van der Waals surface area (Å²) in [5, 5.41) is 12.7. The van der Waals surface area contributed by atoms with E-state index in [0.29, 0.717) is 24.1 Å². The number of carbonyl (C=O) groups excluding carboxylic acids is 1. The highest BCUT2D eigenvalue weighted by Gasteiger charge is 2.21. The largest absolute Gasteiger partial charge is 0.451 e. The standard InChI is InChI=1S/C18H22N2O4/c21-12-13-5-3-4-9-20(13)10-8-19-18(23)17-11-15(22)14-6-1-2-7-16(14)24-17/h1-2,6-7,11,13,21H,3-5,8-10,12H2,(H,19,23)/t13-/m0/s1. The molecule has 1 aliphatic heterocycles. The maximum absolute atomic E-state index is 12.2. The van der Waals surface area contributed by atoms with Crippen molar-refractivity contribution in [1.29, 1.82) is 0 Å². The van der Waals surface area contributed by atoms with Gasteiger partial charge >= 0.3 is 0 Å². The molecular weight excluding hydrogens is 308 g/mol. The van der Waals surface area contributed by atoms with Crippen LogP contribution in [0.4, 0.5) is 0 Å². The highest BCUT2D eigenvalue weighted by molar-refractivity contribution is 5.93. The van der Waals surface area contributed by atoms with Gasteiger partial charge in [0.25, 0.3) is 5.91 Å². The Kier molecular flexibility index (Phi) is 5.27. The second-order valence-electron chi connectivity index (χ2n) is 6.10. The first-order valence-corrected chi connectivity index (χ1v) is 8.35. The average Bonchev–Trinajstić information content (AvgIpc) is 2.62. The molecule has 0 unspecified atom stereocenters. The molecule has 0 bridgehead atoms. The Balaban J connectivity index is 1.62. The van der Waals surface area contributed by atoms with Crippen LogP contribution < -0.4 is 10.7 Å². The van der Waals surface area contributed by atoms with Crippen LogP contribution in [-0.4, -0.2) is 48.2 Å². The third-order valence-electron chi connectivity index (χ3n) is 4.50. The summed E-state index contributed by atoms with van der Waals surface area (Å²) >= 11 is 0. The van der Waals surface area contributed by atoms with Gasteiger partial charge < -0.3 is 14.8 Å². The number of fused-ring (bicyclic) bond motifs is 1. The normalized spacial score (nSPS) is 18.6. The molecule has 1 atom stereocenters. The zero-order valence-corrected chi connectivity index (χ0v) is 13.5. The fourth-order valence-electron chi connectivity index (χ4n) is 3.18. The lowest BCUT2D eigenvalue weighted by atomic mass is 10.0. The van der Waals surface area contributed by atoms with Gasteiger partial charge in [-0.3, -0.25) is 14.5 Å². The Hall–Kier alpha value is -2.18. The van der Waals surface area contributed by atoms with Crippen molar-refractivity contribution in [2.75, 3.05) is 26.2 Å². The summed E-state index contributed by atoms with van der Waals surface area (Å²) in [4.78, 5) is 26.4. The van der Waals surface area contributed by atoms with E-state index in [2.05, 4.69) is 10.2 Å². The second kappa shape index (κ2) is 7.59. The molecule has 6 heteroatoms. The van der Waals surface area contributed by atoms with Crippen LogP contribution in [0.3, 0.4) is 0 Å². The molecule has 1 aliphatic rings. The number of aliphatic hydroxyl groups is 1. The highest BCUT2D eigenvalue weighted by Crippen LogP contribution is 2.16. The highest BCUT2D eigenvalue weighted by atomic mass is 16.3. The van der Waals surface area contributed by atoms with E-state index in [9.17, 15) is 14.7 Å². The number of piperidine rings is 1. The molecule has 2 heterocycles. The van der Waals surface area contributed by atoms with E-state index in [1.165, 1.54) is 6.07 Å². The summed E-state index contributed by atoms with van der Waals surface area (Å²) in [5.74, 6) is -0.369. The number of nitrogens with one attached hydrogen (secondary N) is 1. The summed E-state index contributed by atoms with van der Waals surface area (Å²) in [6.07, 6.45) is 3.24. The first kappa shape index (κ1) is 16.7. The third-order valence-corrected chi connectivity index (χ3v) is 4.50. The third kappa shape index (κ3) is 3.66. The molecule has 0 aliphatic carbocycles. The summed E-state index contributed by atoms with van der Waals surface area (Å²) in [5.41, 5.74) is 0.185. The van der Waals surface area contributed by atoms with Gasteiger partial charge in [0.05, 0.1) is 12.0 Å². The Morgan fingerprint density at radius 1 is 1.33 bits per heavy atom. The number of hydrogen-bond acceptors (Lipinski definition) is 5. The Labute approximate surface area is 140 Å². The van der Waals surface area contributed by atoms with Gasteiger partial charge in [0.2, 0.25) is 0 Å². The molecule has 24 heavy (non-hydrogen) atoms. The number of rotatable bonds is 5. The maximum atomic E-state index is 12.2. The summed E-state index contributed by atoms with van der Waals surface area (Å²) < 4.78 is 5.52. The summed E-state index contributed by atoms with van der Waals surface area (Å²) in [7, 11) is 0. The molecule has 1 saturated heterocycles. The first-order chi connectivity index (χ1) is 11.7. The molecule has 1 fully saturated rings. The molecular formula is C18H22N2O4. The van der Waals surface area contributed by atoms with Crippen LogP contribution in [0.1, 0.15) is 29.8 Å². The summed E-state index contributed by atoms with van der Waals surface area (Å²) in [6, 6.07) is 8.28. The molecule has 2 aromatic rings. The number of para-hydroxylation sites is 1. The minimum absolute atomic E-state index is 0.0241. The number of nitrogens with zero attached hydrogens (tertiary/aromatic N) is 1. The zero-order valence-electron chi connectivity index (χ0n) is 13.5. The van der Waals surface area contributed by atoms with E-state index in [-0.39, 0.29) is 23.8 Å². The predicted molar refractivity (Wildman–Crippen MR) is 91.1 cm³/mol. The van der Waals surface area contributed by atoms with Crippen molar-refractivity contribution in [2.45, 2.75) is 25.3 Å². The fourth-order valence-corrected chi connectivity index (χ4v) is 3.18. The fraction of sp³-hybridized carbons (Fsp3) is 0.444. The van der Waals surface area contributed by atoms with Crippen LogP contribution >= 0.6 is 0 Å². The number of carbonyl (C=O) groups is 1. The van der Waals surface area contributed by atoms with Crippen LogP contribution in [0.25, 0.3) is 11.0 Å². The molecule has 1 aromatic carbocycles. The monoisotopic (exact) mass is 330 g/mol. The summed E-state index contributed by atoms with van der Waals surface area (Å²) in [6.45, 7) is 2.21. The van der Waals surface area contributed by atoms with E-state index < -0.39 is 5.91 Å². The van der Waals surface area contributed by atoms with Crippen LogP contribution in [-0.2, 0) is 0 Å². The van der Waals surface area contributed by atoms with Crippen LogP contribution in [0.15, 0.2) is 39.5 Å². The number of benzene rings is 1. The van der Waals surface area contributed by atoms with Crippen molar-refractivity contribution in [3.8, 4) is 0 Å². The predicted octanol–water partition coefficient (Wildman–Crippen LogP) is 1.37. The molecule has 0 saturated carbocycles. The molecule has 0 radical (unpaired) electrons. The Bertz CT molecular complexity index is 771. The van der Waals surface area contributed by atoms with Gasteiger partial charge in [-0.1, -0.05) is 18.6 Å². The van der Waals surface area contributed by atoms with Crippen LogP contribution in [0.5, 0.6) is 0 Å². The maximum Gasteiger partial charge on any atom is 0.287 e. The van der Waals surface area contributed by atoms with Crippen molar-refractivity contribution in [3.63, 3.8) is 0 Å². The number of amides is 1. The Morgan fingerprint density at radius 2 is 2.17 bits per heavy atom. The SMILES string of the molecule is O=C(NCCN1CCCC[C@H]1CO)c1cc(=O)c2ccccc2o1. The van der Waals surface area contributed by atoms with Crippen molar-refractivity contribution < 1.29 is 14.3 Å². The van der Waals surface area contributed by atoms with E-state index in [4.69, 9.17) is 4.42 Å². The van der Waals surface area contributed by atoms with Crippen molar-refractivity contribution in [1.82, 2.24) is 10.2 Å². The number of aliphatic hydroxyl groups excluding tert-OH is 1. The molecule has 6 nitrogen and oxygen atoms in total. The van der Waals surface area contributed by atoms with E-state index in [1.807, 2.05) is 0 Å². The quantitative estimate of drug-likeness (QED) is 0.865. The molecule has 0 spiro atoms. The van der Waals surface area contributed by atoms with E-state index in [0.717, 1.165) is 25.8 Å². The zero-order chi connectivity index (χ0) is 16.9. The van der Waals surface area contributed by atoms with Gasteiger partial charge in [-0.25, -0.2) is 0 Å². The molecule has 2 N–H and O–H groups in total. The van der Waals surface area contributed by atoms with Crippen LogP contribution in [0, 0.1) is 0 Å². The lowest BCUT2D eigenvalue weighted by molar-refractivity contribution is 0.0835. The minimum atomic E-state index is -0.393. The van der Waals surface area contributed by atoms with Gasteiger partial charge in [-0.05, 0) is 31.5 Å². The van der Waals surface area contributed by atoms with Crippen molar-refractivity contribution >= 4 is 16.9 Å². The first-order valence-electron chi connectivity index (χ1n) is 8.35. The van der Waals surface area contributed by atoms with Crippen molar-refractivity contribution in [3.05, 3.63) is 46.3 Å². The lowest BCUT2D eigenvalue weighted by Gasteiger charge is -2.34. The minimum Gasteiger partial charge on any atom is -0.451 e. The van der Waals surface area contributed by atoms with Gasteiger partial charge in [0, 0.05) is 25.2 Å². The van der Waals surface area contributed by atoms with Crippen molar-refractivity contribution in [2.24, 2.45) is 0 Å². The smallest absolute Gasteiger partial charge is 0.287 e. The molecule has 1 amide bonds. The van der Waals surface area contributed by atoms with E-state index >= 15 is 0 Å². The topological polar surface area (TPSA) is 82.8 Å². The van der Waals surface area contributed by atoms with Gasteiger partial charge in [-0.2, -0.15) is 0 Å². The lowest BCUT2D eigenvalue weighted by Crippen LogP contribution is -2.45.